The molecule has 2 bridgehead atoms. The second-order valence-electron chi connectivity index (χ2n) is 4.75. The molecule has 0 aliphatic carbocycles. The van der Waals surface area contributed by atoms with Crippen LogP contribution in [-0.2, 0) is 4.79 Å². The normalized spacial score (nSPS) is 42.7. The van der Waals surface area contributed by atoms with Gasteiger partial charge >= 0.3 is 5.97 Å². The van der Waals surface area contributed by atoms with Crippen molar-refractivity contribution in [1.82, 2.24) is 4.90 Å². The first-order valence-corrected chi connectivity index (χ1v) is 5.16. The van der Waals surface area contributed by atoms with Gasteiger partial charge in [-0.3, -0.25) is 4.79 Å². The summed E-state index contributed by atoms with van der Waals surface area (Å²) in [4.78, 5) is 12.9. The first-order chi connectivity index (χ1) is 6.50. The molecule has 0 aromatic carbocycles. The molecule has 0 radical (unpaired) electrons. The molecule has 0 spiro atoms. The van der Waals surface area contributed by atoms with Crippen LogP contribution in [0.2, 0.25) is 0 Å². The maximum Gasteiger partial charge on any atom is 0.306 e. The van der Waals surface area contributed by atoms with E-state index in [2.05, 4.69) is 11.9 Å². The smallest absolute Gasteiger partial charge is 0.306 e. The van der Waals surface area contributed by atoms with Crippen molar-refractivity contribution in [2.75, 3.05) is 7.05 Å². The largest absolute Gasteiger partial charge is 0.481 e. The molecule has 0 aromatic heterocycles. The van der Waals surface area contributed by atoms with E-state index in [0.717, 1.165) is 12.8 Å². The standard InChI is InChI=1S/C10H17NO3/c1-11-7-2-3-8(11)5-10(14,4-7)6-9(12)13/h7-8,14H,2-6H2,1H3,(H,12,13). The van der Waals surface area contributed by atoms with E-state index in [4.69, 9.17) is 5.11 Å². The Balaban J connectivity index is 2.07. The number of hydrogen-bond acceptors (Lipinski definition) is 3. The van der Waals surface area contributed by atoms with Gasteiger partial charge in [0, 0.05) is 12.1 Å². The number of piperidine rings is 1. The number of nitrogens with zero attached hydrogens (tertiary/aromatic N) is 1. The maximum absolute atomic E-state index is 10.6. The zero-order valence-electron chi connectivity index (χ0n) is 8.44. The summed E-state index contributed by atoms with van der Waals surface area (Å²) in [5.41, 5.74) is -0.954. The van der Waals surface area contributed by atoms with Crippen molar-refractivity contribution in [2.24, 2.45) is 0 Å². The maximum atomic E-state index is 10.6. The molecule has 2 fully saturated rings. The van der Waals surface area contributed by atoms with Crippen molar-refractivity contribution in [3.8, 4) is 0 Å². The van der Waals surface area contributed by atoms with Gasteiger partial charge in [0.25, 0.3) is 0 Å². The van der Waals surface area contributed by atoms with E-state index in [1.165, 1.54) is 0 Å². The quantitative estimate of drug-likeness (QED) is 0.678. The number of aliphatic hydroxyl groups is 1. The summed E-state index contributed by atoms with van der Waals surface area (Å²) < 4.78 is 0. The Morgan fingerprint density at radius 1 is 1.43 bits per heavy atom. The Morgan fingerprint density at radius 3 is 2.36 bits per heavy atom. The monoisotopic (exact) mass is 199 g/mol. The number of carboxylic acid groups (broad SMARTS) is 1. The lowest BCUT2D eigenvalue weighted by Crippen LogP contribution is -2.50. The lowest BCUT2D eigenvalue weighted by Gasteiger charge is -2.41. The minimum atomic E-state index is -0.954. The van der Waals surface area contributed by atoms with E-state index in [1.807, 2.05) is 0 Å². The molecule has 2 aliphatic rings. The molecule has 2 saturated heterocycles. The Hall–Kier alpha value is -0.610. The molecule has 4 heteroatoms. The number of carboxylic acids is 1. The minimum absolute atomic E-state index is 0.103. The highest BCUT2D eigenvalue weighted by Gasteiger charge is 2.46. The Labute approximate surface area is 83.5 Å². The number of aliphatic carboxylic acids is 1. The van der Waals surface area contributed by atoms with Crippen molar-refractivity contribution in [3.05, 3.63) is 0 Å². The third-order valence-electron chi connectivity index (χ3n) is 3.70. The van der Waals surface area contributed by atoms with Gasteiger partial charge in [-0.15, -0.1) is 0 Å². The second kappa shape index (κ2) is 3.21. The van der Waals surface area contributed by atoms with Gasteiger partial charge in [0.05, 0.1) is 12.0 Å². The molecule has 2 atom stereocenters. The zero-order chi connectivity index (χ0) is 10.3. The molecule has 14 heavy (non-hydrogen) atoms. The topological polar surface area (TPSA) is 60.8 Å². The predicted molar refractivity (Wildman–Crippen MR) is 51.0 cm³/mol. The van der Waals surface area contributed by atoms with Crippen LogP contribution in [-0.4, -0.2) is 45.8 Å². The van der Waals surface area contributed by atoms with Crippen LogP contribution in [0.1, 0.15) is 32.1 Å². The number of carbonyl (C=O) groups is 1. The van der Waals surface area contributed by atoms with Crippen LogP contribution < -0.4 is 0 Å². The predicted octanol–water partition coefficient (Wildman–Crippen LogP) is 0.449. The lowest BCUT2D eigenvalue weighted by atomic mass is 9.84. The van der Waals surface area contributed by atoms with Crippen molar-refractivity contribution >= 4 is 5.97 Å². The summed E-state index contributed by atoms with van der Waals surface area (Å²) >= 11 is 0. The first kappa shape index (κ1) is 9.93. The SMILES string of the molecule is CN1C2CCC1CC(O)(CC(=O)O)C2. The van der Waals surface area contributed by atoms with Crippen LogP contribution in [0.25, 0.3) is 0 Å². The summed E-state index contributed by atoms with van der Waals surface area (Å²) in [6, 6.07) is 0.774. The van der Waals surface area contributed by atoms with Crippen LogP contribution in [0.4, 0.5) is 0 Å². The molecular weight excluding hydrogens is 182 g/mol. The van der Waals surface area contributed by atoms with E-state index in [-0.39, 0.29) is 6.42 Å². The summed E-state index contributed by atoms with van der Waals surface area (Å²) in [6.07, 6.45) is 3.33. The Morgan fingerprint density at radius 2 is 1.93 bits per heavy atom. The fraction of sp³-hybridized carbons (Fsp3) is 0.900. The Kier molecular flexibility index (Phi) is 2.27. The molecule has 2 aliphatic heterocycles. The van der Waals surface area contributed by atoms with Crippen molar-refractivity contribution < 1.29 is 15.0 Å². The fourth-order valence-corrected chi connectivity index (χ4v) is 2.97. The van der Waals surface area contributed by atoms with E-state index in [1.54, 1.807) is 0 Å². The van der Waals surface area contributed by atoms with Gasteiger partial charge in [0.2, 0.25) is 0 Å². The molecule has 2 heterocycles. The number of rotatable bonds is 2. The van der Waals surface area contributed by atoms with Crippen LogP contribution >= 0.6 is 0 Å². The van der Waals surface area contributed by atoms with Gasteiger partial charge in [-0.2, -0.15) is 0 Å². The lowest BCUT2D eigenvalue weighted by molar-refractivity contribution is -0.145. The first-order valence-electron chi connectivity index (χ1n) is 5.16. The van der Waals surface area contributed by atoms with Crippen LogP contribution in [0.5, 0.6) is 0 Å². The molecule has 0 amide bonds. The van der Waals surface area contributed by atoms with Crippen molar-refractivity contribution in [1.29, 1.82) is 0 Å². The van der Waals surface area contributed by atoms with Crippen LogP contribution in [0.15, 0.2) is 0 Å². The van der Waals surface area contributed by atoms with Gasteiger partial charge < -0.3 is 15.1 Å². The van der Waals surface area contributed by atoms with Gasteiger partial charge in [0.15, 0.2) is 0 Å². The molecule has 2 unspecified atom stereocenters. The van der Waals surface area contributed by atoms with Gasteiger partial charge in [-0.1, -0.05) is 0 Å². The van der Waals surface area contributed by atoms with Gasteiger partial charge in [-0.25, -0.2) is 0 Å². The summed E-state index contributed by atoms with van der Waals surface area (Å²) in [7, 11) is 2.07. The average molecular weight is 199 g/mol. The molecule has 2 N–H and O–H groups in total. The second-order valence-corrected chi connectivity index (χ2v) is 4.75. The van der Waals surface area contributed by atoms with E-state index in [0.29, 0.717) is 24.9 Å². The third kappa shape index (κ3) is 1.64. The summed E-state index contributed by atoms with van der Waals surface area (Å²) in [6.45, 7) is 0. The molecule has 4 nitrogen and oxygen atoms in total. The number of fused-ring (bicyclic) bond motifs is 2. The highest BCUT2D eigenvalue weighted by Crippen LogP contribution is 2.41. The number of hydrogen-bond donors (Lipinski definition) is 2. The van der Waals surface area contributed by atoms with Crippen molar-refractivity contribution in [3.63, 3.8) is 0 Å². The fourth-order valence-electron chi connectivity index (χ4n) is 2.97. The highest BCUT2D eigenvalue weighted by molar-refractivity contribution is 5.68. The average Bonchev–Trinajstić information content (AvgIpc) is 2.33. The zero-order valence-corrected chi connectivity index (χ0v) is 8.44. The summed E-state index contributed by atoms with van der Waals surface area (Å²) in [5.74, 6) is -0.892. The Bertz CT molecular complexity index is 240. The van der Waals surface area contributed by atoms with E-state index >= 15 is 0 Å². The van der Waals surface area contributed by atoms with Gasteiger partial charge in [0.1, 0.15) is 0 Å². The molecule has 0 aromatic rings. The van der Waals surface area contributed by atoms with Crippen LogP contribution in [0, 0.1) is 0 Å². The van der Waals surface area contributed by atoms with Crippen molar-refractivity contribution in [2.45, 2.75) is 49.8 Å². The van der Waals surface area contributed by atoms with E-state index < -0.39 is 11.6 Å². The highest BCUT2D eigenvalue weighted by atomic mass is 16.4. The van der Waals surface area contributed by atoms with Gasteiger partial charge in [-0.05, 0) is 32.7 Å². The minimum Gasteiger partial charge on any atom is -0.481 e. The van der Waals surface area contributed by atoms with Crippen LogP contribution in [0.3, 0.4) is 0 Å². The third-order valence-corrected chi connectivity index (χ3v) is 3.70. The summed E-state index contributed by atoms with van der Waals surface area (Å²) in [5, 5.41) is 18.8. The molecule has 0 saturated carbocycles. The van der Waals surface area contributed by atoms with E-state index in [9.17, 15) is 9.90 Å². The molecule has 80 valence electrons. The molecular formula is C10H17NO3. The molecule has 2 rings (SSSR count).